The molecule has 0 fully saturated rings. The van der Waals surface area contributed by atoms with Crippen molar-refractivity contribution in [1.82, 2.24) is 20.4 Å². The molecule has 0 saturated carbocycles. The van der Waals surface area contributed by atoms with Gasteiger partial charge in [-0.1, -0.05) is 30.3 Å². The number of rotatable bonds is 5. The molecule has 0 aliphatic rings. The summed E-state index contributed by atoms with van der Waals surface area (Å²) in [5.74, 6) is 0.820. The Bertz CT molecular complexity index is 658. The molecule has 2 aromatic rings. The van der Waals surface area contributed by atoms with Gasteiger partial charge in [0.15, 0.2) is 5.96 Å². The first-order valence-electron chi connectivity index (χ1n) is 8.04. The molecule has 0 spiro atoms. The first-order valence-corrected chi connectivity index (χ1v) is 8.04. The molecule has 1 unspecified atom stereocenters. The summed E-state index contributed by atoms with van der Waals surface area (Å²) in [5, 5.41) is 11.3. The molecule has 0 aliphatic heterocycles. The van der Waals surface area contributed by atoms with E-state index in [-0.39, 0.29) is 6.04 Å². The van der Waals surface area contributed by atoms with Crippen LogP contribution in [0.1, 0.15) is 35.5 Å². The van der Waals surface area contributed by atoms with Crippen molar-refractivity contribution in [1.29, 1.82) is 0 Å². The standard InChI is InChI=1S/C18H27N5/c1-13(16-9-7-6-8-10-16)21-18(19-4)20-12-11-17-14(2)22-23(5)15(17)3/h6-10,13H,11-12H2,1-5H3,(H2,19,20,21). The molecule has 23 heavy (non-hydrogen) atoms. The summed E-state index contributed by atoms with van der Waals surface area (Å²) in [7, 11) is 3.79. The lowest BCUT2D eigenvalue weighted by Crippen LogP contribution is -2.39. The lowest BCUT2D eigenvalue weighted by Gasteiger charge is -2.18. The van der Waals surface area contributed by atoms with Gasteiger partial charge in [0.05, 0.1) is 11.7 Å². The van der Waals surface area contributed by atoms with Crippen LogP contribution in [0.15, 0.2) is 35.3 Å². The number of aliphatic imine (C=N–C) groups is 1. The average molecular weight is 313 g/mol. The topological polar surface area (TPSA) is 54.2 Å². The molecule has 1 aromatic carbocycles. The number of benzene rings is 1. The SMILES string of the molecule is CN=C(NCCc1c(C)nn(C)c1C)NC(C)c1ccccc1. The zero-order chi connectivity index (χ0) is 16.8. The van der Waals surface area contributed by atoms with E-state index in [0.717, 1.165) is 24.6 Å². The van der Waals surface area contributed by atoms with E-state index < -0.39 is 0 Å². The predicted molar refractivity (Wildman–Crippen MR) is 95.7 cm³/mol. The van der Waals surface area contributed by atoms with Crippen molar-refractivity contribution in [3.8, 4) is 0 Å². The minimum absolute atomic E-state index is 0.212. The highest BCUT2D eigenvalue weighted by atomic mass is 15.3. The Balaban J connectivity index is 1.88. The Morgan fingerprint density at radius 1 is 1.26 bits per heavy atom. The van der Waals surface area contributed by atoms with Crippen LogP contribution in [0.2, 0.25) is 0 Å². The Morgan fingerprint density at radius 3 is 2.52 bits per heavy atom. The third-order valence-electron chi connectivity index (χ3n) is 4.20. The van der Waals surface area contributed by atoms with E-state index in [0.29, 0.717) is 0 Å². The number of guanidine groups is 1. The van der Waals surface area contributed by atoms with E-state index in [2.05, 4.69) is 65.8 Å². The van der Waals surface area contributed by atoms with Gasteiger partial charge in [0, 0.05) is 26.3 Å². The van der Waals surface area contributed by atoms with Crippen LogP contribution < -0.4 is 10.6 Å². The zero-order valence-electron chi connectivity index (χ0n) is 14.7. The van der Waals surface area contributed by atoms with Crippen molar-refractivity contribution in [2.24, 2.45) is 12.0 Å². The van der Waals surface area contributed by atoms with Gasteiger partial charge in [0.1, 0.15) is 0 Å². The third kappa shape index (κ3) is 4.34. The normalized spacial score (nSPS) is 13.0. The summed E-state index contributed by atoms with van der Waals surface area (Å²) in [6.45, 7) is 7.14. The molecule has 2 N–H and O–H groups in total. The number of nitrogens with zero attached hydrogens (tertiary/aromatic N) is 3. The van der Waals surface area contributed by atoms with E-state index in [4.69, 9.17) is 0 Å². The largest absolute Gasteiger partial charge is 0.356 e. The lowest BCUT2D eigenvalue weighted by molar-refractivity contribution is 0.683. The van der Waals surface area contributed by atoms with Gasteiger partial charge in [-0.3, -0.25) is 9.67 Å². The van der Waals surface area contributed by atoms with Crippen molar-refractivity contribution < 1.29 is 0 Å². The second-order valence-electron chi connectivity index (χ2n) is 5.80. The second-order valence-corrected chi connectivity index (χ2v) is 5.80. The van der Waals surface area contributed by atoms with Crippen LogP contribution in [0.4, 0.5) is 0 Å². The summed E-state index contributed by atoms with van der Waals surface area (Å²) in [5.41, 5.74) is 4.89. The summed E-state index contributed by atoms with van der Waals surface area (Å²) in [6, 6.07) is 10.6. The Kier molecular flexibility index (Phi) is 5.79. The van der Waals surface area contributed by atoms with E-state index in [1.54, 1.807) is 7.05 Å². The van der Waals surface area contributed by atoms with Crippen LogP contribution >= 0.6 is 0 Å². The predicted octanol–water partition coefficient (Wildman–Crippen LogP) is 2.51. The molecular formula is C18H27N5. The fourth-order valence-corrected chi connectivity index (χ4v) is 2.71. The molecule has 1 aromatic heterocycles. The van der Waals surface area contributed by atoms with Crippen molar-refractivity contribution in [2.45, 2.75) is 33.2 Å². The Labute approximate surface area is 138 Å². The van der Waals surface area contributed by atoms with Crippen molar-refractivity contribution in [2.75, 3.05) is 13.6 Å². The molecule has 1 heterocycles. The highest BCUT2D eigenvalue weighted by Crippen LogP contribution is 2.12. The van der Waals surface area contributed by atoms with Gasteiger partial charge in [-0.25, -0.2) is 0 Å². The quantitative estimate of drug-likeness (QED) is 0.659. The number of nitrogens with one attached hydrogen (secondary N) is 2. The van der Waals surface area contributed by atoms with Crippen LogP contribution in [0.25, 0.3) is 0 Å². The van der Waals surface area contributed by atoms with Gasteiger partial charge < -0.3 is 10.6 Å². The maximum Gasteiger partial charge on any atom is 0.191 e. The summed E-state index contributed by atoms with van der Waals surface area (Å²) >= 11 is 0. The number of aryl methyl sites for hydroxylation is 2. The van der Waals surface area contributed by atoms with Crippen molar-refractivity contribution in [3.63, 3.8) is 0 Å². The molecule has 0 aliphatic carbocycles. The maximum absolute atomic E-state index is 4.46. The van der Waals surface area contributed by atoms with Gasteiger partial charge in [-0.2, -0.15) is 5.10 Å². The van der Waals surface area contributed by atoms with Crippen LogP contribution in [0, 0.1) is 13.8 Å². The van der Waals surface area contributed by atoms with Crippen LogP contribution in [0.5, 0.6) is 0 Å². The zero-order valence-corrected chi connectivity index (χ0v) is 14.7. The molecule has 124 valence electrons. The molecule has 1 atom stereocenters. The Morgan fingerprint density at radius 2 is 1.96 bits per heavy atom. The first-order chi connectivity index (χ1) is 11.0. The molecule has 5 heteroatoms. The fourth-order valence-electron chi connectivity index (χ4n) is 2.71. The Hall–Kier alpha value is -2.30. The number of hydrogen-bond donors (Lipinski definition) is 2. The van der Waals surface area contributed by atoms with E-state index >= 15 is 0 Å². The summed E-state index contributed by atoms with van der Waals surface area (Å²) < 4.78 is 1.94. The van der Waals surface area contributed by atoms with Crippen molar-refractivity contribution >= 4 is 5.96 Å². The fraction of sp³-hybridized carbons (Fsp3) is 0.444. The van der Waals surface area contributed by atoms with Gasteiger partial charge in [0.2, 0.25) is 0 Å². The number of hydrogen-bond acceptors (Lipinski definition) is 2. The van der Waals surface area contributed by atoms with Crippen LogP contribution in [0.3, 0.4) is 0 Å². The highest BCUT2D eigenvalue weighted by Gasteiger charge is 2.10. The molecule has 5 nitrogen and oxygen atoms in total. The van der Waals surface area contributed by atoms with E-state index in [1.165, 1.54) is 16.8 Å². The molecule has 0 radical (unpaired) electrons. The molecule has 0 bridgehead atoms. The van der Waals surface area contributed by atoms with Gasteiger partial charge in [-0.05, 0) is 38.3 Å². The second kappa shape index (κ2) is 7.81. The molecule has 0 amide bonds. The van der Waals surface area contributed by atoms with Crippen LogP contribution in [-0.2, 0) is 13.5 Å². The van der Waals surface area contributed by atoms with Gasteiger partial charge in [0.25, 0.3) is 0 Å². The third-order valence-corrected chi connectivity index (χ3v) is 4.20. The average Bonchev–Trinajstić information content (AvgIpc) is 2.80. The molecular weight excluding hydrogens is 286 g/mol. The monoisotopic (exact) mass is 313 g/mol. The minimum Gasteiger partial charge on any atom is -0.356 e. The summed E-state index contributed by atoms with van der Waals surface area (Å²) in [6.07, 6.45) is 0.936. The smallest absolute Gasteiger partial charge is 0.191 e. The van der Waals surface area contributed by atoms with Gasteiger partial charge >= 0.3 is 0 Å². The number of aromatic nitrogens is 2. The molecule has 2 rings (SSSR count). The van der Waals surface area contributed by atoms with Gasteiger partial charge in [-0.15, -0.1) is 0 Å². The highest BCUT2D eigenvalue weighted by molar-refractivity contribution is 5.80. The van der Waals surface area contributed by atoms with E-state index in [9.17, 15) is 0 Å². The minimum atomic E-state index is 0.212. The van der Waals surface area contributed by atoms with E-state index in [1.807, 2.05) is 17.8 Å². The molecule has 0 saturated heterocycles. The van der Waals surface area contributed by atoms with Crippen molar-refractivity contribution in [3.05, 3.63) is 52.8 Å². The maximum atomic E-state index is 4.46. The lowest BCUT2D eigenvalue weighted by atomic mass is 10.1. The summed E-state index contributed by atoms with van der Waals surface area (Å²) in [4.78, 5) is 4.31. The van der Waals surface area contributed by atoms with Crippen LogP contribution in [-0.4, -0.2) is 29.3 Å². The first kappa shape index (κ1) is 17.1.